The normalized spacial score (nSPS) is 11.4. The topological polar surface area (TPSA) is 69.7 Å². The summed E-state index contributed by atoms with van der Waals surface area (Å²) >= 11 is 0. The molecule has 5 heteroatoms. The highest BCUT2D eigenvalue weighted by Gasteiger charge is 1.97. The Morgan fingerprint density at radius 3 is 2.00 bits per heavy atom. The van der Waals surface area contributed by atoms with E-state index < -0.39 is 0 Å². The standard InChI is InChI=1S/C20H18N4O/c1-15-13-19(11-12-20(15)25)24-23-18-9-7-17(8-10-18)22-21-14-16-5-3-2-4-6-16/h2-13,25H,14H2,1H3. The summed E-state index contributed by atoms with van der Waals surface area (Å²) in [5, 5.41) is 26.3. The molecule has 0 aliphatic heterocycles. The maximum atomic E-state index is 9.51. The number of phenolic OH excluding ortho intramolecular Hbond substituents is 1. The molecule has 0 amide bonds. The molecule has 0 saturated heterocycles. The Morgan fingerprint density at radius 1 is 0.720 bits per heavy atom. The van der Waals surface area contributed by atoms with E-state index in [-0.39, 0.29) is 5.75 Å². The Morgan fingerprint density at radius 2 is 1.32 bits per heavy atom. The van der Waals surface area contributed by atoms with Crippen molar-refractivity contribution >= 4 is 17.1 Å². The first-order valence-electron chi connectivity index (χ1n) is 7.93. The van der Waals surface area contributed by atoms with E-state index in [1.54, 1.807) is 18.2 Å². The quantitative estimate of drug-likeness (QED) is 0.540. The third kappa shape index (κ3) is 4.81. The molecule has 5 nitrogen and oxygen atoms in total. The number of rotatable bonds is 5. The molecule has 124 valence electrons. The Hall–Kier alpha value is -3.34. The predicted octanol–water partition coefficient (Wildman–Crippen LogP) is 6.40. The molecule has 0 aromatic heterocycles. The van der Waals surface area contributed by atoms with Crippen LogP contribution in [0.5, 0.6) is 5.75 Å². The summed E-state index contributed by atoms with van der Waals surface area (Å²) in [7, 11) is 0. The van der Waals surface area contributed by atoms with Crippen molar-refractivity contribution < 1.29 is 5.11 Å². The van der Waals surface area contributed by atoms with Gasteiger partial charge in [0.15, 0.2) is 0 Å². The third-order valence-corrected chi connectivity index (χ3v) is 3.59. The number of phenols is 1. The van der Waals surface area contributed by atoms with E-state index in [1.807, 2.05) is 61.5 Å². The van der Waals surface area contributed by atoms with Crippen LogP contribution < -0.4 is 0 Å². The van der Waals surface area contributed by atoms with E-state index in [0.717, 1.165) is 22.5 Å². The van der Waals surface area contributed by atoms with Gasteiger partial charge in [-0.25, -0.2) is 0 Å². The van der Waals surface area contributed by atoms with Crippen LogP contribution in [-0.2, 0) is 6.54 Å². The van der Waals surface area contributed by atoms with Crippen molar-refractivity contribution in [3.05, 3.63) is 83.9 Å². The molecule has 3 rings (SSSR count). The molecule has 0 unspecified atom stereocenters. The van der Waals surface area contributed by atoms with Crippen LogP contribution in [0, 0.1) is 6.92 Å². The van der Waals surface area contributed by atoms with Crippen LogP contribution in [0.2, 0.25) is 0 Å². The second kappa shape index (κ2) is 7.97. The van der Waals surface area contributed by atoms with Crippen LogP contribution in [0.1, 0.15) is 11.1 Å². The van der Waals surface area contributed by atoms with Crippen molar-refractivity contribution in [2.75, 3.05) is 0 Å². The van der Waals surface area contributed by atoms with Gasteiger partial charge < -0.3 is 5.11 Å². The highest BCUT2D eigenvalue weighted by molar-refractivity contribution is 5.49. The highest BCUT2D eigenvalue weighted by atomic mass is 16.3. The number of nitrogens with zero attached hydrogens (tertiary/aromatic N) is 4. The number of azo groups is 2. The first kappa shape index (κ1) is 16.5. The maximum absolute atomic E-state index is 9.51. The Balaban J connectivity index is 1.61. The monoisotopic (exact) mass is 330 g/mol. The fraction of sp³-hybridized carbons (Fsp3) is 0.100. The largest absolute Gasteiger partial charge is 0.508 e. The first-order valence-corrected chi connectivity index (χ1v) is 7.93. The van der Waals surface area contributed by atoms with Crippen molar-refractivity contribution in [2.45, 2.75) is 13.5 Å². The van der Waals surface area contributed by atoms with Gasteiger partial charge in [-0.1, -0.05) is 30.3 Å². The van der Waals surface area contributed by atoms with Gasteiger partial charge in [-0.2, -0.15) is 20.5 Å². The fourth-order valence-corrected chi connectivity index (χ4v) is 2.19. The van der Waals surface area contributed by atoms with E-state index in [1.165, 1.54) is 0 Å². The van der Waals surface area contributed by atoms with Gasteiger partial charge in [-0.15, -0.1) is 0 Å². The van der Waals surface area contributed by atoms with E-state index in [9.17, 15) is 5.11 Å². The SMILES string of the molecule is Cc1cc(N=Nc2ccc(N=NCc3ccccc3)cc2)ccc1O. The average Bonchev–Trinajstić information content (AvgIpc) is 2.65. The summed E-state index contributed by atoms with van der Waals surface area (Å²) < 4.78 is 0. The maximum Gasteiger partial charge on any atom is 0.118 e. The summed E-state index contributed by atoms with van der Waals surface area (Å²) in [6, 6.07) is 22.5. The minimum atomic E-state index is 0.254. The third-order valence-electron chi connectivity index (χ3n) is 3.59. The van der Waals surface area contributed by atoms with E-state index >= 15 is 0 Å². The van der Waals surface area contributed by atoms with Gasteiger partial charge in [0.2, 0.25) is 0 Å². The van der Waals surface area contributed by atoms with Crippen molar-refractivity contribution in [2.24, 2.45) is 20.5 Å². The number of hydrogen-bond donors (Lipinski definition) is 1. The molecule has 0 aliphatic carbocycles. The molecule has 0 spiro atoms. The zero-order valence-electron chi connectivity index (χ0n) is 13.9. The molecule has 0 saturated carbocycles. The van der Waals surface area contributed by atoms with Crippen molar-refractivity contribution in [1.29, 1.82) is 0 Å². The summed E-state index contributed by atoms with van der Waals surface area (Å²) in [5.74, 6) is 0.254. The summed E-state index contributed by atoms with van der Waals surface area (Å²) in [4.78, 5) is 0. The van der Waals surface area contributed by atoms with Crippen molar-refractivity contribution in [3.8, 4) is 5.75 Å². The van der Waals surface area contributed by atoms with Gasteiger partial charge in [0.05, 0.1) is 23.6 Å². The van der Waals surface area contributed by atoms with Gasteiger partial charge >= 0.3 is 0 Å². The minimum absolute atomic E-state index is 0.254. The number of hydrogen-bond acceptors (Lipinski definition) is 5. The molecule has 0 fully saturated rings. The molecule has 0 atom stereocenters. The lowest BCUT2D eigenvalue weighted by atomic mass is 10.2. The molecular formula is C20H18N4O. The average molecular weight is 330 g/mol. The smallest absolute Gasteiger partial charge is 0.118 e. The molecular weight excluding hydrogens is 312 g/mol. The molecule has 0 bridgehead atoms. The molecule has 3 aromatic rings. The fourth-order valence-electron chi connectivity index (χ4n) is 2.19. The zero-order valence-corrected chi connectivity index (χ0v) is 13.9. The lowest BCUT2D eigenvalue weighted by molar-refractivity contribution is 0.471. The highest BCUT2D eigenvalue weighted by Crippen LogP contribution is 2.25. The molecule has 0 radical (unpaired) electrons. The number of aryl methyl sites for hydroxylation is 1. The lowest BCUT2D eigenvalue weighted by Crippen LogP contribution is -1.77. The van der Waals surface area contributed by atoms with Crippen molar-refractivity contribution in [3.63, 3.8) is 0 Å². The number of benzene rings is 3. The van der Waals surface area contributed by atoms with Crippen molar-refractivity contribution in [1.82, 2.24) is 0 Å². The van der Waals surface area contributed by atoms with E-state index in [0.29, 0.717) is 12.2 Å². The van der Waals surface area contributed by atoms with Gasteiger partial charge in [0.25, 0.3) is 0 Å². The van der Waals surface area contributed by atoms with E-state index in [2.05, 4.69) is 20.5 Å². The van der Waals surface area contributed by atoms with Crippen LogP contribution in [0.3, 0.4) is 0 Å². The first-order chi connectivity index (χ1) is 12.2. The number of aromatic hydroxyl groups is 1. The zero-order chi connectivity index (χ0) is 17.5. The van der Waals surface area contributed by atoms with Crippen LogP contribution in [0.4, 0.5) is 17.1 Å². The second-order valence-corrected chi connectivity index (χ2v) is 5.57. The minimum Gasteiger partial charge on any atom is -0.508 e. The van der Waals surface area contributed by atoms with Crippen LogP contribution in [-0.4, -0.2) is 5.11 Å². The summed E-state index contributed by atoms with van der Waals surface area (Å²) in [6.07, 6.45) is 0. The molecule has 3 aromatic carbocycles. The van der Waals surface area contributed by atoms with Gasteiger partial charge in [-0.3, -0.25) is 0 Å². The Bertz CT molecular complexity index is 887. The van der Waals surface area contributed by atoms with Gasteiger partial charge in [0.1, 0.15) is 5.75 Å². The summed E-state index contributed by atoms with van der Waals surface area (Å²) in [6.45, 7) is 2.38. The predicted molar refractivity (Wildman–Crippen MR) is 98.1 cm³/mol. The Kier molecular flexibility index (Phi) is 5.26. The van der Waals surface area contributed by atoms with Crippen LogP contribution in [0.15, 0.2) is 93.3 Å². The van der Waals surface area contributed by atoms with Crippen LogP contribution in [0.25, 0.3) is 0 Å². The lowest BCUT2D eigenvalue weighted by Gasteiger charge is -1.99. The molecule has 0 aliphatic rings. The van der Waals surface area contributed by atoms with Gasteiger partial charge in [0, 0.05) is 0 Å². The van der Waals surface area contributed by atoms with E-state index in [4.69, 9.17) is 0 Å². The second-order valence-electron chi connectivity index (χ2n) is 5.57. The summed E-state index contributed by atoms with van der Waals surface area (Å²) in [5.41, 5.74) is 4.09. The van der Waals surface area contributed by atoms with Crippen LogP contribution >= 0.6 is 0 Å². The Labute approximate surface area is 146 Å². The molecule has 25 heavy (non-hydrogen) atoms. The molecule has 1 N–H and O–H groups in total. The van der Waals surface area contributed by atoms with Gasteiger partial charge in [-0.05, 0) is 60.5 Å². The molecule has 0 heterocycles.